The summed E-state index contributed by atoms with van der Waals surface area (Å²) < 4.78 is 0. The highest BCUT2D eigenvalue weighted by atomic mass is 35.5. The minimum atomic E-state index is -0.577. The van der Waals surface area contributed by atoms with Gasteiger partial charge in [-0.25, -0.2) is 0 Å². The van der Waals surface area contributed by atoms with Crippen LogP contribution in [0.1, 0.15) is 32.3 Å². The molecule has 0 heterocycles. The SMILES string of the molecule is CC(C)[C@H](N)C(=O)NCC(=O)NC(Cc1ccccc1)C1CC1.Cl. The first kappa shape index (κ1) is 20.5. The number of nitrogens with one attached hydrogen (secondary N) is 2. The van der Waals surface area contributed by atoms with Crippen molar-refractivity contribution in [3.63, 3.8) is 0 Å². The van der Waals surface area contributed by atoms with Gasteiger partial charge in [-0.2, -0.15) is 0 Å². The standard InChI is InChI=1S/C18H27N3O2.ClH/c1-12(2)17(19)18(23)20-11-16(22)21-15(14-8-9-14)10-13-6-4-3-5-7-13;/h3-7,12,14-15,17H,8-11,19H2,1-2H3,(H,20,23)(H,21,22);1H/t15?,17-;/m0./s1. The van der Waals surface area contributed by atoms with Gasteiger partial charge < -0.3 is 16.4 Å². The second-order valence-corrected chi connectivity index (χ2v) is 6.69. The molecule has 0 bridgehead atoms. The Kier molecular flexibility index (Phi) is 8.22. The molecule has 1 aliphatic rings. The summed E-state index contributed by atoms with van der Waals surface area (Å²) in [5, 5.41) is 5.67. The fraction of sp³-hybridized carbons (Fsp3) is 0.556. The third kappa shape index (κ3) is 6.49. The lowest BCUT2D eigenvalue weighted by Crippen LogP contribution is -2.49. The molecule has 134 valence electrons. The molecule has 0 spiro atoms. The first-order chi connectivity index (χ1) is 11.0. The Morgan fingerprint density at radius 2 is 1.83 bits per heavy atom. The summed E-state index contributed by atoms with van der Waals surface area (Å²) in [6, 6.07) is 9.72. The van der Waals surface area contributed by atoms with E-state index >= 15 is 0 Å². The average molecular weight is 354 g/mol. The van der Waals surface area contributed by atoms with Gasteiger partial charge in [0.2, 0.25) is 11.8 Å². The molecule has 1 aliphatic carbocycles. The minimum Gasteiger partial charge on any atom is -0.351 e. The maximum absolute atomic E-state index is 12.1. The lowest BCUT2D eigenvalue weighted by Gasteiger charge is -2.20. The van der Waals surface area contributed by atoms with Crippen LogP contribution in [0.25, 0.3) is 0 Å². The molecule has 24 heavy (non-hydrogen) atoms. The molecule has 2 rings (SSSR count). The number of carbonyl (C=O) groups is 2. The summed E-state index contributed by atoms with van der Waals surface area (Å²) >= 11 is 0. The van der Waals surface area contributed by atoms with Crippen LogP contribution in [0, 0.1) is 11.8 Å². The molecule has 1 unspecified atom stereocenters. The highest BCUT2D eigenvalue weighted by molar-refractivity contribution is 5.87. The molecule has 6 heteroatoms. The number of amides is 2. The Bertz CT molecular complexity index is 532. The summed E-state index contributed by atoms with van der Waals surface area (Å²) in [5.74, 6) is 0.173. The van der Waals surface area contributed by atoms with Crippen molar-refractivity contribution < 1.29 is 9.59 Å². The number of carbonyl (C=O) groups excluding carboxylic acids is 2. The van der Waals surface area contributed by atoms with E-state index in [4.69, 9.17) is 5.73 Å². The highest BCUT2D eigenvalue weighted by Crippen LogP contribution is 2.34. The number of halogens is 1. The minimum absolute atomic E-state index is 0. The Labute approximate surface area is 150 Å². The fourth-order valence-corrected chi connectivity index (χ4v) is 2.55. The lowest BCUT2D eigenvalue weighted by molar-refractivity contribution is -0.127. The molecule has 0 radical (unpaired) electrons. The Balaban J connectivity index is 0.00000288. The number of rotatable bonds is 8. The lowest BCUT2D eigenvalue weighted by atomic mass is 10.0. The van der Waals surface area contributed by atoms with Crippen LogP contribution in [0.5, 0.6) is 0 Å². The van der Waals surface area contributed by atoms with Gasteiger partial charge in [0.15, 0.2) is 0 Å². The normalized spacial score (nSPS) is 16.0. The highest BCUT2D eigenvalue weighted by Gasteiger charge is 2.32. The second kappa shape index (κ2) is 9.64. The van der Waals surface area contributed by atoms with E-state index in [0.29, 0.717) is 5.92 Å². The van der Waals surface area contributed by atoms with E-state index in [2.05, 4.69) is 22.8 Å². The van der Waals surface area contributed by atoms with Crippen LogP contribution in [0.2, 0.25) is 0 Å². The smallest absolute Gasteiger partial charge is 0.239 e. The van der Waals surface area contributed by atoms with Gasteiger partial charge in [-0.1, -0.05) is 44.2 Å². The fourth-order valence-electron chi connectivity index (χ4n) is 2.55. The molecule has 1 fully saturated rings. The third-order valence-corrected chi connectivity index (χ3v) is 4.28. The van der Waals surface area contributed by atoms with E-state index in [0.717, 1.165) is 19.3 Å². The molecule has 4 N–H and O–H groups in total. The van der Waals surface area contributed by atoms with Crippen LogP contribution in [0.3, 0.4) is 0 Å². The van der Waals surface area contributed by atoms with Crippen molar-refractivity contribution in [2.24, 2.45) is 17.6 Å². The van der Waals surface area contributed by atoms with E-state index in [9.17, 15) is 9.59 Å². The van der Waals surface area contributed by atoms with Crippen molar-refractivity contribution in [2.75, 3.05) is 6.54 Å². The zero-order chi connectivity index (χ0) is 16.8. The van der Waals surface area contributed by atoms with Crippen LogP contribution in [0.15, 0.2) is 30.3 Å². The molecule has 0 aliphatic heterocycles. The van der Waals surface area contributed by atoms with E-state index in [1.54, 1.807) is 0 Å². The van der Waals surface area contributed by atoms with Crippen molar-refractivity contribution in [3.05, 3.63) is 35.9 Å². The van der Waals surface area contributed by atoms with Gasteiger partial charge in [0.05, 0.1) is 12.6 Å². The third-order valence-electron chi connectivity index (χ3n) is 4.28. The molecular weight excluding hydrogens is 326 g/mol. The van der Waals surface area contributed by atoms with Gasteiger partial charge in [0.1, 0.15) is 0 Å². The molecule has 2 atom stereocenters. The predicted octanol–water partition coefficient (Wildman–Crippen LogP) is 1.65. The molecule has 2 amide bonds. The largest absolute Gasteiger partial charge is 0.351 e. The molecule has 5 nitrogen and oxygen atoms in total. The molecule has 1 aromatic carbocycles. The zero-order valence-corrected chi connectivity index (χ0v) is 15.1. The molecule has 0 saturated heterocycles. The van der Waals surface area contributed by atoms with Gasteiger partial charge in [-0.15, -0.1) is 12.4 Å². The van der Waals surface area contributed by atoms with Crippen molar-refractivity contribution in [2.45, 2.75) is 45.2 Å². The van der Waals surface area contributed by atoms with E-state index in [1.807, 2.05) is 32.0 Å². The van der Waals surface area contributed by atoms with E-state index < -0.39 is 6.04 Å². The summed E-state index contributed by atoms with van der Waals surface area (Å²) in [7, 11) is 0. The summed E-state index contributed by atoms with van der Waals surface area (Å²) in [6.45, 7) is 3.75. The van der Waals surface area contributed by atoms with Gasteiger partial charge in [0.25, 0.3) is 0 Å². The van der Waals surface area contributed by atoms with Crippen LogP contribution in [-0.2, 0) is 16.0 Å². The molecule has 1 aromatic rings. The van der Waals surface area contributed by atoms with Crippen LogP contribution in [-0.4, -0.2) is 30.4 Å². The molecular formula is C18H28ClN3O2. The van der Waals surface area contributed by atoms with Crippen molar-refractivity contribution in [1.29, 1.82) is 0 Å². The van der Waals surface area contributed by atoms with Crippen LogP contribution in [0.4, 0.5) is 0 Å². The van der Waals surface area contributed by atoms with Gasteiger partial charge in [-0.3, -0.25) is 9.59 Å². The van der Waals surface area contributed by atoms with Crippen LogP contribution >= 0.6 is 12.4 Å². The number of hydrogen-bond acceptors (Lipinski definition) is 3. The molecule has 1 saturated carbocycles. The number of benzene rings is 1. The number of hydrogen-bond donors (Lipinski definition) is 3. The summed E-state index contributed by atoms with van der Waals surface area (Å²) in [5.41, 5.74) is 6.98. The molecule has 0 aromatic heterocycles. The topological polar surface area (TPSA) is 84.2 Å². The van der Waals surface area contributed by atoms with E-state index in [-0.39, 0.29) is 42.7 Å². The monoisotopic (exact) mass is 353 g/mol. The van der Waals surface area contributed by atoms with Crippen molar-refractivity contribution in [3.8, 4) is 0 Å². The van der Waals surface area contributed by atoms with Gasteiger partial charge in [0, 0.05) is 6.04 Å². The Morgan fingerprint density at radius 3 is 2.38 bits per heavy atom. The Morgan fingerprint density at radius 1 is 1.21 bits per heavy atom. The predicted molar refractivity (Wildman–Crippen MR) is 97.9 cm³/mol. The zero-order valence-electron chi connectivity index (χ0n) is 14.3. The average Bonchev–Trinajstić information content (AvgIpc) is 3.37. The first-order valence-corrected chi connectivity index (χ1v) is 8.34. The van der Waals surface area contributed by atoms with Gasteiger partial charge in [-0.05, 0) is 36.7 Å². The first-order valence-electron chi connectivity index (χ1n) is 8.34. The van der Waals surface area contributed by atoms with Gasteiger partial charge >= 0.3 is 0 Å². The number of nitrogens with two attached hydrogens (primary N) is 1. The quantitative estimate of drug-likeness (QED) is 0.664. The summed E-state index contributed by atoms with van der Waals surface area (Å²) in [4.78, 5) is 23.9. The maximum Gasteiger partial charge on any atom is 0.239 e. The van der Waals surface area contributed by atoms with E-state index in [1.165, 1.54) is 5.56 Å². The van der Waals surface area contributed by atoms with Crippen molar-refractivity contribution in [1.82, 2.24) is 10.6 Å². The van der Waals surface area contributed by atoms with Crippen molar-refractivity contribution >= 4 is 24.2 Å². The second-order valence-electron chi connectivity index (χ2n) is 6.69. The maximum atomic E-state index is 12.1. The van der Waals surface area contributed by atoms with Crippen LogP contribution < -0.4 is 16.4 Å². The summed E-state index contributed by atoms with van der Waals surface area (Å²) in [6.07, 6.45) is 3.14. The Hall–Kier alpha value is -1.59.